The number of rotatable bonds is 3. The average Bonchev–Trinajstić information content (AvgIpc) is 3.26. The quantitative estimate of drug-likeness (QED) is 0.866. The molecule has 0 bridgehead atoms. The minimum atomic E-state index is 0.281. The van der Waals surface area contributed by atoms with Gasteiger partial charge in [0.15, 0.2) is 0 Å². The van der Waals surface area contributed by atoms with E-state index in [1.54, 1.807) is 11.3 Å². The molecule has 0 radical (unpaired) electrons. The normalized spacial score (nSPS) is 21.4. The third kappa shape index (κ3) is 3.19. The molecule has 4 heteroatoms. The van der Waals surface area contributed by atoms with Crippen LogP contribution in [-0.4, -0.2) is 41.4 Å². The summed E-state index contributed by atoms with van der Waals surface area (Å²) in [5.74, 6) is 0.281. The van der Waals surface area contributed by atoms with Crippen LogP contribution < -0.4 is 0 Å². The zero-order chi connectivity index (χ0) is 15.6. The van der Waals surface area contributed by atoms with E-state index >= 15 is 0 Å². The van der Waals surface area contributed by atoms with E-state index in [0.717, 1.165) is 44.6 Å². The van der Waals surface area contributed by atoms with Crippen LogP contribution in [0.4, 0.5) is 0 Å². The van der Waals surface area contributed by atoms with Crippen molar-refractivity contribution in [2.45, 2.75) is 31.8 Å². The van der Waals surface area contributed by atoms with Crippen LogP contribution in [0.1, 0.15) is 23.1 Å². The molecule has 3 heterocycles. The Morgan fingerprint density at radius 1 is 1.17 bits per heavy atom. The second kappa shape index (κ2) is 6.46. The van der Waals surface area contributed by atoms with Gasteiger partial charge in [0.05, 0.1) is 6.42 Å². The predicted molar refractivity (Wildman–Crippen MR) is 93.6 cm³/mol. The Kier molecular flexibility index (Phi) is 4.19. The molecule has 1 aromatic heterocycles. The Morgan fingerprint density at radius 3 is 2.87 bits per heavy atom. The first-order valence-electron chi connectivity index (χ1n) is 8.39. The largest absolute Gasteiger partial charge is 0.341 e. The van der Waals surface area contributed by atoms with Crippen LogP contribution in [0.15, 0.2) is 41.1 Å². The van der Waals surface area contributed by atoms with Gasteiger partial charge >= 0.3 is 0 Å². The van der Waals surface area contributed by atoms with Crippen molar-refractivity contribution in [3.05, 3.63) is 57.8 Å². The molecule has 3 nitrogen and oxygen atoms in total. The highest BCUT2D eigenvalue weighted by molar-refractivity contribution is 7.08. The summed E-state index contributed by atoms with van der Waals surface area (Å²) in [7, 11) is 0. The summed E-state index contributed by atoms with van der Waals surface area (Å²) >= 11 is 1.66. The summed E-state index contributed by atoms with van der Waals surface area (Å²) in [4.78, 5) is 17.1. The molecule has 1 amide bonds. The van der Waals surface area contributed by atoms with Crippen molar-refractivity contribution in [3.8, 4) is 0 Å². The molecule has 120 valence electrons. The summed E-state index contributed by atoms with van der Waals surface area (Å²) in [6.45, 7) is 3.96. The second-order valence-electron chi connectivity index (χ2n) is 6.58. The van der Waals surface area contributed by atoms with Gasteiger partial charge < -0.3 is 4.90 Å². The number of carbonyl (C=O) groups excluding carboxylic acids is 1. The van der Waals surface area contributed by atoms with Crippen molar-refractivity contribution in [2.24, 2.45) is 0 Å². The lowest BCUT2D eigenvalue weighted by Crippen LogP contribution is -2.41. The topological polar surface area (TPSA) is 23.6 Å². The molecule has 0 unspecified atom stereocenters. The maximum absolute atomic E-state index is 12.5. The van der Waals surface area contributed by atoms with Crippen molar-refractivity contribution in [3.63, 3.8) is 0 Å². The first-order valence-corrected chi connectivity index (χ1v) is 9.33. The number of hydrogen-bond donors (Lipinski definition) is 0. The monoisotopic (exact) mass is 326 g/mol. The van der Waals surface area contributed by atoms with E-state index in [9.17, 15) is 4.79 Å². The number of thiophene rings is 1. The highest BCUT2D eigenvalue weighted by Crippen LogP contribution is 2.24. The Labute approximate surface area is 141 Å². The van der Waals surface area contributed by atoms with E-state index in [2.05, 4.69) is 45.5 Å². The van der Waals surface area contributed by atoms with Gasteiger partial charge in [-0.05, 0) is 46.4 Å². The van der Waals surface area contributed by atoms with E-state index in [1.165, 1.54) is 11.1 Å². The zero-order valence-corrected chi connectivity index (χ0v) is 14.1. The molecule has 0 aliphatic carbocycles. The van der Waals surface area contributed by atoms with Crippen LogP contribution in [0, 0.1) is 0 Å². The summed E-state index contributed by atoms with van der Waals surface area (Å²) < 4.78 is 0. The minimum absolute atomic E-state index is 0.281. The molecule has 2 aliphatic rings. The van der Waals surface area contributed by atoms with Gasteiger partial charge in [-0.1, -0.05) is 24.3 Å². The smallest absolute Gasteiger partial charge is 0.227 e. The third-order valence-corrected chi connectivity index (χ3v) is 5.86. The second-order valence-corrected chi connectivity index (χ2v) is 7.36. The molecular weight excluding hydrogens is 304 g/mol. The molecule has 0 spiro atoms. The first kappa shape index (κ1) is 14.9. The fourth-order valence-corrected chi connectivity index (χ4v) is 4.44. The van der Waals surface area contributed by atoms with Gasteiger partial charge in [0.25, 0.3) is 0 Å². The number of benzene rings is 1. The maximum atomic E-state index is 12.5. The first-order chi connectivity index (χ1) is 11.3. The molecule has 4 rings (SSSR count). The molecule has 1 saturated heterocycles. The van der Waals surface area contributed by atoms with Crippen molar-refractivity contribution in [1.82, 2.24) is 9.80 Å². The predicted octanol–water partition coefficient (Wildman–Crippen LogP) is 2.95. The standard InChI is InChI=1S/C19H22N2OS/c22-19(11-15-7-10-23-14-15)21-9-6-18(13-21)20-8-5-16-3-1-2-4-17(16)12-20/h1-4,7,10,14,18H,5-6,8-9,11-13H2/t18-/m1/s1. The lowest BCUT2D eigenvalue weighted by atomic mass is 9.98. The van der Waals surface area contributed by atoms with Crippen LogP contribution >= 0.6 is 11.3 Å². The van der Waals surface area contributed by atoms with Gasteiger partial charge in [-0.2, -0.15) is 11.3 Å². The lowest BCUT2D eigenvalue weighted by molar-refractivity contribution is -0.129. The van der Waals surface area contributed by atoms with Gasteiger partial charge in [-0.15, -0.1) is 0 Å². The van der Waals surface area contributed by atoms with E-state index in [4.69, 9.17) is 0 Å². The van der Waals surface area contributed by atoms with E-state index in [-0.39, 0.29) is 5.91 Å². The number of hydrogen-bond acceptors (Lipinski definition) is 3. The molecule has 2 aliphatic heterocycles. The van der Waals surface area contributed by atoms with Crippen LogP contribution in [0.5, 0.6) is 0 Å². The number of likely N-dealkylation sites (tertiary alicyclic amines) is 1. The molecule has 2 aromatic rings. The Bertz CT molecular complexity index is 682. The molecule has 1 fully saturated rings. The third-order valence-electron chi connectivity index (χ3n) is 5.13. The van der Waals surface area contributed by atoms with Gasteiger partial charge in [-0.3, -0.25) is 9.69 Å². The van der Waals surface area contributed by atoms with Crippen molar-refractivity contribution >= 4 is 17.2 Å². The van der Waals surface area contributed by atoms with E-state index in [1.807, 2.05) is 5.38 Å². The molecule has 0 saturated carbocycles. The summed E-state index contributed by atoms with van der Waals surface area (Å²) in [6, 6.07) is 11.3. The Balaban J connectivity index is 1.36. The van der Waals surface area contributed by atoms with Crippen molar-refractivity contribution in [2.75, 3.05) is 19.6 Å². The molecule has 0 N–H and O–H groups in total. The average molecular weight is 326 g/mol. The highest BCUT2D eigenvalue weighted by Gasteiger charge is 2.31. The van der Waals surface area contributed by atoms with Gasteiger partial charge in [0, 0.05) is 32.2 Å². The lowest BCUT2D eigenvalue weighted by Gasteiger charge is -2.33. The van der Waals surface area contributed by atoms with E-state index in [0.29, 0.717) is 12.5 Å². The number of fused-ring (bicyclic) bond motifs is 1. The fraction of sp³-hybridized carbons (Fsp3) is 0.421. The number of amides is 1. The minimum Gasteiger partial charge on any atom is -0.341 e. The number of nitrogens with zero attached hydrogens (tertiary/aromatic N) is 2. The van der Waals surface area contributed by atoms with Crippen LogP contribution in [0.2, 0.25) is 0 Å². The molecule has 1 aromatic carbocycles. The van der Waals surface area contributed by atoms with Crippen LogP contribution in [0.3, 0.4) is 0 Å². The Hall–Kier alpha value is -1.65. The molecule has 23 heavy (non-hydrogen) atoms. The summed E-state index contributed by atoms with van der Waals surface area (Å²) in [5, 5.41) is 4.12. The zero-order valence-electron chi connectivity index (χ0n) is 13.3. The SMILES string of the molecule is O=C(Cc1ccsc1)N1CC[C@@H](N2CCc3ccccc3C2)C1. The summed E-state index contributed by atoms with van der Waals surface area (Å²) in [5.41, 5.74) is 4.10. The van der Waals surface area contributed by atoms with Gasteiger partial charge in [0.1, 0.15) is 0 Å². The van der Waals surface area contributed by atoms with Crippen molar-refractivity contribution < 1.29 is 4.79 Å². The van der Waals surface area contributed by atoms with Crippen molar-refractivity contribution in [1.29, 1.82) is 0 Å². The number of carbonyl (C=O) groups is 1. The Morgan fingerprint density at radius 2 is 2.04 bits per heavy atom. The van der Waals surface area contributed by atoms with Crippen LogP contribution in [0.25, 0.3) is 0 Å². The molecule has 1 atom stereocenters. The maximum Gasteiger partial charge on any atom is 0.227 e. The van der Waals surface area contributed by atoms with Crippen LogP contribution in [-0.2, 0) is 24.2 Å². The fourth-order valence-electron chi connectivity index (χ4n) is 3.78. The van der Waals surface area contributed by atoms with Gasteiger partial charge in [0.2, 0.25) is 5.91 Å². The molecular formula is C19H22N2OS. The van der Waals surface area contributed by atoms with Gasteiger partial charge in [-0.25, -0.2) is 0 Å². The highest BCUT2D eigenvalue weighted by atomic mass is 32.1. The summed E-state index contributed by atoms with van der Waals surface area (Å²) in [6.07, 6.45) is 2.80. The van der Waals surface area contributed by atoms with E-state index < -0.39 is 0 Å².